The second kappa shape index (κ2) is 10.9. The maximum absolute atomic E-state index is 5.41. The average molecular weight is 413 g/mol. The molecule has 4 aromatic rings. The van der Waals surface area contributed by atoms with E-state index in [-0.39, 0.29) is 6.10 Å². The zero-order valence-corrected chi connectivity index (χ0v) is 19.0. The summed E-state index contributed by atoms with van der Waals surface area (Å²) < 4.78 is 10.5. The van der Waals surface area contributed by atoms with Gasteiger partial charge in [0.1, 0.15) is 5.75 Å². The van der Waals surface area contributed by atoms with Crippen molar-refractivity contribution in [3.8, 4) is 5.75 Å². The van der Waals surface area contributed by atoms with Crippen LogP contribution in [-0.4, -0.2) is 15.7 Å². The van der Waals surface area contributed by atoms with Gasteiger partial charge in [0.25, 0.3) is 0 Å². The van der Waals surface area contributed by atoms with E-state index in [0.29, 0.717) is 0 Å². The SMILES string of the molecule is CC(C)Oc1ccccc1.Cc1nnsc1C.Cc1sc2ccccc2c1C. The topological polar surface area (TPSA) is 35.0 Å². The summed E-state index contributed by atoms with van der Waals surface area (Å²) in [6.45, 7) is 12.4. The summed E-state index contributed by atoms with van der Waals surface area (Å²) in [5, 5.41) is 5.20. The third-order valence-electron chi connectivity index (χ3n) is 4.08. The molecule has 0 N–H and O–H groups in total. The summed E-state index contributed by atoms with van der Waals surface area (Å²) in [4.78, 5) is 2.64. The summed E-state index contributed by atoms with van der Waals surface area (Å²) in [5.41, 5.74) is 2.48. The maximum atomic E-state index is 5.41. The molecule has 0 fully saturated rings. The molecule has 0 amide bonds. The molecule has 0 aliphatic carbocycles. The van der Waals surface area contributed by atoms with Crippen LogP contribution in [0, 0.1) is 27.7 Å². The Morgan fingerprint density at radius 1 is 0.821 bits per heavy atom. The molecule has 28 heavy (non-hydrogen) atoms. The van der Waals surface area contributed by atoms with Gasteiger partial charge in [-0.05, 0) is 82.2 Å². The van der Waals surface area contributed by atoms with Crippen LogP contribution in [0.25, 0.3) is 10.1 Å². The van der Waals surface area contributed by atoms with Crippen LogP contribution in [0.1, 0.15) is 34.9 Å². The number of rotatable bonds is 2. The molecule has 0 unspecified atom stereocenters. The van der Waals surface area contributed by atoms with Gasteiger partial charge >= 0.3 is 0 Å². The van der Waals surface area contributed by atoms with E-state index in [1.165, 1.54) is 36.9 Å². The lowest BCUT2D eigenvalue weighted by Gasteiger charge is -2.07. The Morgan fingerprint density at radius 3 is 1.96 bits per heavy atom. The number of nitrogens with zero attached hydrogens (tertiary/aromatic N) is 2. The molecular weight excluding hydrogens is 384 g/mol. The Labute approximate surface area is 176 Å². The van der Waals surface area contributed by atoms with Gasteiger partial charge in [0.15, 0.2) is 0 Å². The molecule has 148 valence electrons. The van der Waals surface area contributed by atoms with Crippen LogP contribution in [-0.2, 0) is 0 Å². The second-order valence-corrected chi connectivity index (χ2v) is 8.89. The second-order valence-electron chi connectivity index (χ2n) is 6.67. The summed E-state index contributed by atoms with van der Waals surface area (Å²) in [6.07, 6.45) is 0.266. The van der Waals surface area contributed by atoms with Crippen molar-refractivity contribution in [2.75, 3.05) is 0 Å². The minimum atomic E-state index is 0.266. The number of aromatic nitrogens is 2. The predicted octanol–water partition coefficient (Wildman–Crippen LogP) is 7.15. The largest absolute Gasteiger partial charge is 0.491 e. The predicted molar refractivity (Wildman–Crippen MR) is 123 cm³/mol. The van der Waals surface area contributed by atoms with E-state index in [0.717, 1.165) is 11.4 Å². The maximum Gasteiger partial charge on any atom is 0.119 e. The van der Waals surface area contributed by atoms with Crippen LogP contribution in [0.5, 0.6) is 5.75 Å². The fourth-order valence-electron chi connectivity index (χ4n) is 2.35. The van der Waals surface area contributed by atoms with E-state index in [2.05, 4.69) is 47.7 Å². The first-order valence-corrected chi connectivity index (χ1v) is 10.9. The normalized spacial score (nSPS) is 10.1. The molecule has 4 rings (SSSR count). The molecule has 0 spiro atoms. The molecule has 0 saturated heterocycles. The standard InChI is InChI=1S/C10H10S.C9H12O.C4H6N2S/c1-7-8(2)11-10-6-4-3-5-9(7)10;1-8(2)10-9-6-4-3-5-7-9;1-3-4(2)7-6-5-3/h3-6H,1-2H3;3-8H,1-2H3;1-2H3. The van der Waals surface area contributed by atoms with Gasteiger partial charge in [-0.2, -0.15) is 0 Å². The van der Waals surface area contributed by atoms with Gasteiger partial charge in [0, 0.05) is 14.5 Å². The Morgan fingerprint density at radius 2 is 1.46 bits per heavy atom. The van der Waals surface area contributed by atoms with Crippen molar-refractivity contribution in [2.24, 2.45) is 0 Å². The van der Waals surface area contributed by atoms with Gasteiger partial charge in [-0.25, -0.2) is 0 Å². The van der Waals surface area contributed by atoms with Crippen LogP contribution in [0.4, 0.5) is 0 Å². The third kappa shape index (κ3) is 6.73. The van der Waals surface area contributed by atoms with E-state index >= 15 is 0 Å². The number of aryl methyl sites for hydroxylation is 4. The number of ether oxygens (including phenoxy) is 1. The fraction of sp³-hybridized carbons (Fsp3) is 0.304. The number of hydrogen-bond donors (Lipinski definition) is 0. The molecule has 2 aromatic carbocycles. The zero-order valence-electron chi connectivity index (χ0n) is 17.4. The summed E-state index contributed by atoms with van der Waals surface area (Å²) in [6, 6.07) is 18.4. The highest BCUT2D eigenvalue weighted by Crippen LogP contribution is 2.29. The minimum absolute atomic E-state index is 0.266. The van der Waals surface area contributed by atoms with Crippen LogP contribution >= 0.6 is 22.9 Å². The van der Waals surface area contributed by atoms with Crippen LogP contribution in [0.15, 0.2) is 54.6 Å². The quantitative estimate of drug-likeness (QED) is 0.351. The molecule has 0 aliphatic rings. The van der Waals surface area contributed by atoms with E-state index in [1.54, 1.807) is 0 Å². The number of hydrogen-bond acceptors (Lipinski definition) is 5. The van der Waals surface area contributed by atoms with E-state index < -0.39 is 0 Å². The number of para-hydroxylation sites is 1. The first-order valence-electron chi connectivity index (χ1n) is 9.30. The number of benzene rings is 2. The Kier molecular flexibility index (Phi) is 8.61. The van der Waals surface area contributed by atoms with Crippen molar-refractivity contribution in [3.05, 3.63) is 75.6 Å². The van der Waals surface area contributed by atoms with E-state index in [9.17, 15) is 0 Å². The Hall–Kier alpha value is -2.24. The molecule has 0 aliphatic heterocycles. The highest BCUT2D eigenvalue weighted by Gasteiger charge is 2.01. The zero-order chi connectivity index (χ0) is 20.5. The molecule has 0 atom stereocenters. The van der Waals surface area contributed by atoms with Crippen LogP contribution in [0.2, 0.25) is 0 Å². The highest BCUT2D eigenvalue weighted by molar-refractivity contribution is 7.19. The lowest BCUT2D eigenvalue weighted by molar-refractivity contribution is 0.242. The van der Waals surface area contributed by atoms with E-state index in [4.69, 9.17) is 4.74 Å². The lowest BCUT2D eigenvalue weighted by atomic mass is 10.2. The first-order chi connectivity index (χ1) is 13.4. The smallest absolute Gasteiger partial charge is 0.119 e. The number of thiophene rings is 1. The molecule has 0 radical (unpaired) electrons. The highest BCUT2D eigenvalue weighted by atomic mass is 32.1. The fourth-order valence-corrected chi connectivity index (χ4v) is 3.88. The monoisotopic (exact) mass is 412 g/mol. The summed E-state index contributed by atoms with van der Waals surface area (Å²) >= 11 is 3.32. The summed E-state index contributed by atoms with van der Waals surface area (Å²) in [5.74, 6) is 0.942. The van der Waals surface area contributed by atoms with Crippen molar-refractivity contribution in [3.63, 3.8) is 0 Å². The Bertz CT molecular complexity index is 958. The van der Waals surface area contributed by atoms with Crippen molar-refractivity contribution < 1.29 is 4.74 Å². The van der Waals surface area contributed by atoms with Gasteiger partial charge in [-0.15, -0.1) is 16.4 Å². The first kappa shape index (κ1) is 22.1. The minimum Gasteiger partial charge on any atom is -0.491 e. The molecule has 0 bridgehead atoms. The number of fused-ring (bicyclic) bond motifs is 1. The van der Waals surface area contributed by atoms with Crippen molar-refractivity contribution >= 4 is 33.0 Å². The molecule has 3 nitrogen and oxygen atoms in total. The summed E-state index contributed by atoms with van der Waals surface area (Å²) in [7, 11) is 0. The Balaban J connectivity index is 0.000000154. The van der Waals surface area contributed by atoms with Crippen molar-refractivity contribution in [1.82, 2.24) is 9.59 Å². The third-order valence-corrected chi connectivity index (χ3v) is 6.00. The van der Waals surface area contributed by atoms with Crippen LogP contribution < -0.4 is 4.74 Å². The molecule has 5 heteroatoms. The molecule has 0 saturated carbocycles. The molecule has 2 heterocycles. The van der Waals surface area contributed by atoms with Crippen molar-refractivity contribution in [2.45, 2.75) is 47.6 Å². The van der Waals surface area contributed by atoms with Gasteiger partial charge in [-0.3, -0.25) is 0 Å². The van der Waals surface area contributed by atoms with Gasteiger partial charge in [-0.1, -0.05) is 40.9 Å². The van der Waals surface area contributed by atoms with Gasteiger partial charge in [0.05, 0.1) is 11.8 Å². The van der Waals surface area contributed by atoms with Crippen molar-refractivity contribution in [1.29, 1.82) is 0 Å². The molecule has 2 aromatic heterocycles. The molecular formula is C23H28N2OS2. The van der Waals surface area contributed by atoms with Crippen LogP contribution in [0.3, 0.4) is 0 Å². The van der Waals surface area contributed by atoms with Gasteiger partial charge in [0.2, 0.25) is 0 Å². The van der Waals surface area contributed by atoms with Gasteiger partial charge < -0.3 is 4.74 Å². The lowest BCUT2D eigenvalue weighted by Crippen LogP contribution is -2.04. The average Bonchev–Trinajstić information content (AvgIpc) is 3.19. The van der Waals surface area contributed by atoms with E-state index in [1.807, 2.05) is 69.4 Å².